The second-order valence-electron chi connectivity index (χ2n) is 7.26. The number of nitrogens with zero attached hydrogens (tertiary/aromatic N) is 4. The zero-order valence-corrected chi connectivity index (χ0v) is 16.0. The lowest BCUT2D eigenvalue weighted by molar-refractivity contribution is 0.153. The molecule has 1 aromatic carbocycles. The second-order valence-corrected chi connectivity index (χ2v) is 7.26. The topological polar surface area (TPSA) is 66.2 Å². The Morgan fingerprint density at radius 3 is 2.64 bits per heavy atom. The molecule has 2 N–H and O–H groups in total. The predicted molar refractivity (Wildman–Crippen MR) is 109 cm³/mol. The molecule has 0 saturated carbocycles. The molecule has 1 atom stereocenters. The number of benzene rings is 1. The fraction of sp³-hybridized carbons (Fsp3) is 0.364. The highest BCUT2D eigenvalue weighted by Crippen LogP contribution is 2.21. The van der Waals surface area contributed by atoms with E-state index in [0.717, 1.165) is 44.0 Å². The maximum atomic E-state index is 9.58. The first-order valence-corrected chi connectivity index (χ1v) is 9.91. The first-order valence-electron chi connectivity index (χ1n) is 9.91. The van der Waals surface area contributed by atoms with Gasteiger partial charge < -0.3 is 10.4 Å². The Balaban J connectivity index is 1.39. The molecular weight excluding hydrogens is 350 g/mol. The lowest BCUT2D eigenvalue weighted by atomic mass is 10.1. The Hall–Kier alpha value is -2.54. The zero-order valence-electron chi connectivity index (χ0n) is 16.0. The van der Waals surface area contributed by atoms with Crippen LogP contribution in [0, 0.1) is 0 Å². The third kappa shape index (κ3) is 4.30. The van der Waals surface area contributed by atoms with Gasteiger partial charge in [-0.1, -0.05) is 24.3 Å². The molecule has 1 aliphatic heterocycles. The number of hydrogen-bond acceptors (Lipinski definition) is 5. The highest BCUT2D eigenvalue weighted by Gasteiger charge is 2.24. The molecule has 1 unspecified atom stereocenters. The Morgan fingerprint density at radius 2 is 1.82 bits per heavy atom. The summed E-state index contributed by atoms with van der Waals surface area (Å²) in [6, 6.07) is 14.8. The van der Waals surface area contributed by atoms with Crippen molar-refractivity contribution in [3.05, 3.63) is 77.9 Å². The molecule has 0 amide bonds. The van der Waals surface area contributed by atoms with Crippen molar-refractivity contribution in [3.8, 4) is 5.69 Å². The van der Waals surface area contributed by atoms with Crippen LogP contribution in [0.25, 0.3) is 5.69 Å². The van der Waals surface area contributed by atoms with Gasteiger partial charge in [-0.3, -0.25) is 9.88 Å². The average molecular weight is 377 g/mol. The van der Waals surface area contributed by atoms with Crippen LogP contribution in [0.2, 0.25) is 0 Å². The van der Waals surface area contributed by atoms with Crippen molar-refractivity contribution in [1.82, 2.24) is 25.0 Å². The maximum Gasteiger partial charge on any atom is 0.0679 e. The molecule has 1 aliphatic rings. The van der Waals surface area contributed by atoms with Crippen LogP contribution in [-0.4, -0.2) is 44.0 Å². The number of nitrogens with one attached hydrogen (secondary N) is 1. The number of pyridine rings is 1. The van der Waals surface area contributed by atoms with Gasteiger partial charge in [0.15, 0.2) is 0 Å². The lowest BCUT2D eigenvalue weighted by Crippen LogP contribution is -2.32. The molecule has 0 spiro atoms. The van der Waals surface area contributed by atoms with Crippen molar-refractivity contribution in [3.63, 3.8) is 0 Å². The van der Waals surface area contributed by atoms with Crippen LogP contribution in [0.5, 0.6) is 0 Å². The molecular formula is C22H27N5O. The van der Waals surface area contributed by atoms with Gasteiger partial charge in [-0.25, -0.2) is 4.68 Å². The molecule has 3 aromatic rings. The van der Waals surface area contributed by atoms with E-state index in [1.807, 2.05) is 29.1 Å². The number of aromatic nitrogens is 3. The second kappa shape index (κ2) is 9.10. The normalized spacial score (nSPS) is 17.2. The molecule has 6 heteroatoms. The molecule has 0 radical (unpaired) electrons. The largest absolute Gasteiger partial charge is 0.395 e. The summed E-state index contributed by atoms with van der Waals surface area (Å²) in [6.07, 6.45) is 7.65. The van der Waals surface area contributed by atoms with Crippen molar-refractivity contribution >= 4 is 0 Å². The molecule has 4 rings (SSSR count). The van der Waals surface area contributed by atoms with Crippen LogP contribution < -0.4 is 5.32 Å². The molecule has 6 nitrogen and oxygen atoms in total. The van der Waals surface area contributed by atoms with E-state index in [2.05, 4.69) is 44.6 Å². The number of aliphatic hydroxyl groups is 1. The van der Waals surface area contributed by atoms with Gasteiger partial charge in [0.1, 0.15) is 0 Å². The molecule has 3 heterocycles. The lowest BCUT2D eigenvalue weighted by Gasteiger charge is -2.24. The van der Waals surface area contributed by atoms with Crippen molar-refractivity contribution < 1.29 is 5.11 Å². The number of hydrogen-bond donors (Lipinski definition) is 2. The van der Waals surface area contributed by atoms with E-state index in [4.69, 9.17) is 0 Å². The van der Waals surface area contributed by atoms with Crippen LogP contribution in [0.1, 0.15) is 29.7 Å². The predicted octanol–water partition coefficient (Wildman–Crippen LogP) is 2.51. The standard InChI is InChI=1S/C22H27N5O/c28-17-22-6-3-13-26(22)16-19-5-2-1-4-18(19)14-24-15-21-9-12-25-27(21)20-7-10-23-11-8-20/h1-2,4-5,7-12,22,24,28H,3,6,13-17H2. The Bertz CT molecular complexity index is 879. The van der Waals surface area contributed by atoms with Crippen LogP contribution >= 0.6 is 0 Å². The van der Waals surface area contributed by atoms with Gasteiger partial charge in [-0.05, 0) is 48.7 Å². The minimum Gasteiger partial charge on any atom is -0.395 e. The molecule has 2 aromatic heterocycles. The van der Waals surface area contributed by atoms with Gasteiger partial charge in [0, 0.05) is 44.3 Å². The van der Waals surface area contributed by atoms with Gasteiger partial charge >= 0.3 is 0 Å². The quantitative estimate of drug-likeness (QED) is 0.631. The van der Waals surface area contributed by atoms with Crippen LogP contribution in [-0.2, 0) is 19.6 Å². The van der Waals surface area contributed by atoms with E-state index in [9.17, 15) is 5.11 Å². The van der Waals surface area contributed by atoms with Crippen molar-refractivity contribution in [2.75, 3.05) is 13.2 Å². The van der Waals surface area contributed by atoms with Gasteiger partial charge in [0.2, 0.25) is 0 Å². The highest BCUT2D eigenvalue weighted by molar-refractivity contribution is 5.30. The van der Waals surface area contributed by atoms with E-state index in [-0.39, 0.29) is 6.61 Å². The SMILES string of the molecule is OCC1CCCN1Cc1ccccc1CNCc1ccnn1-c1ccncc1. The van der Waals surface area contributed by atoms with E-state index < -0.39 is 0 Å². The van der Waals surface area contributed by atoms with Gasteiger partial charge in [-0.2, -0.15) is 5.10 Å². The Labute approximate surface area is 165 Å². The van der Waals surface area contributed by atoms with Gasteiger partial charge in [-0.15, -0.1) is 0 Å². The molecule has 0 bridgehead atoms. The molecule has 0 aliphatic carbocycles. The number of rotatable bonds is 8. The summed E-state index contributed by atoms with van der Waals surface area (Å²) < 4.78 is 1.94. The summed E-state index contributed by atoms with van der Waals surface area (Å²) in [5, 5.41) is 17.6. The molecule has 1 saturated heterocycles. The van der Waals surface area contributed by atoms with Crippen molar-refractivity contribution in [1.29, 1.82) is 0 Å². The average Bonchev–Trinajstić information content (AvgIpc) is 3.39. The monoisotopic (exact) mass is 377 g/mol. The summed E-state index contributed by atoms with van der Waals surface area (Å²) in [6.45, 7) is 3.75. The molecule has 28 heavy (non-hydrogen) atoms. The zero-order chi connectivity index (χ0) is 19.2. The first kappa shape index (κ1) is 18.8. The first-order chi connectivity index (χ1) is 13.8. The van der Waals surface area contributed by atoms with Crippen molar-refractivity contribution in [2.24, 2.45) is 0 Å². The van der Waals surface area contributed by atoms with Crippen molar-refractivity contribution in [2.45, 2.75) is 38.5 Å². The highest BCUT2D eigenvalue weighted by atomic mass is 16.3. The number of aliphatic hydroxyl groups excluding tert-OH is 1. The summed E-state index contributed by atoms with van der Waals surface area (Å²) in [5.74, 6) is 0. The third-order valence-electron chi connectivity index (χ3n) is 5.45. The fourth-order valence-electron chi connectivity index (χ4n) is 3.92. The third-order valence-corrected chi connectivity index (χ3v) is 5.45. The van der Waals surface area contributed by atoms with Gasteiger partial charge in [0.25, 0.3) is 0 Å². The van der Waals surface area contributed by atoms with E-state index in [1.165, 1.54) is 17.5 Å². The fourth-order valence-corrected chi connectivity index (χ4v) is 3.92. The smallest absolute Gasteiger partial charge is 0.0679 e. The summed E-state index contributed by atoms with van der Waals surface area (Å²) in [5.41, 5.74) is 4.77. The van der Waals surface area contributed by atoms with Crippen LogP contribution in [0.15, 0.2) is 61.1 Å². The van der Waals surface area contributed by atoms with E-state index in [0.29, 0.717) is 6.04 Å². The van der Waals surface area contributed by atoms with E-state index in [1.54, 1.807) is 12.4 Å². The minimum atomic E-state index is 0.249. The van der Waals surface area contributed by atoms with E-state index >= 15 is 0 Å². The molecule has 146 valence electrons. The Kier molecular flexibility index (Phi) is 6.11. The number of likely N-dealkylation sites (tertiary alicyclic amines) is 1. The summed E-state index contributed by atoms with van der Waals surface area (Å²) >= 11 is 0. The van der Waals surface area contributed by atoms with Crippen LogP contribution in [0.4, 0.5) is 0 Å². The van der Waals surface area contributed by atoms with Crippen LogP contribution in [0.3, 0.4) is 0 Å². The summed E-state index contributed by atoms with van der Waals surface area (Å²) in [7, 11) is 0. The maximum absolute atomic E-state index is 9.58. The molecule has 1 fully saturated rings. The minimum absolute atomic E-state index is 0.249. The Morgan fingerprint density at radius 1 is 1.00 bits per heavy atom. The summed E-state index contributed by atoms with van der Waals surface area (Å²) in [4.78, 5) is 6.47. The van der Waals surface area contributed by atoms with Gasteiger partial charge in [0.05, 0.1) is 18.0 Å².